The Balaban J connectivity index is 1.34. The van der Waals surface area contributed by atoms with Crippen molar-refractivity contribution in [1.82, 2.24) is 24.5 Å². The number of imidazole rings is 1. The summed E-state index contributed by atoms with van der Waals surface area (Å²) >= 11 is 0. The molecule has 4 aromatic heterocycles. The van der Waals surface area contributed by atoms with Crippen LogP contribution in [0.15, 0.2) is 83.8 Å². The molecule has 4 heterocycles. The number of aryl methyl sites for hydroxylation is 1. The second-order valence-corrected chi connectivity index (χ2v) is 6.91. The Hall–Kier alpha value is -4.33. The van der Waals surface area contributed by atoms with Gasteiger partial charge >= 0.3 is 0 Å². The van der Waals surface area contributed by atoms with Crippen LogP contribution in [0.5, 0.6) is 0 Å². The van der Waals surface area contributed by atoms with Gasteiger partial charge in [-0.2, -0.15) is 4.98 Å². The Labute approximate surface area is 177 Å². The van der Waals surface area contributed by atoms with Crippen molar-refractivity contribution in [3.63, 3.8) is 0 Å². The number of anilines is 1. The van der Waals surface area contributed by atoms with Crippen LogP contribution in [0.3, 0.4) is 0 Å². The maximum Gasteiger partial charge on any atom is 0.227 e. The van der Waals surface area contributed by atoms with Crippen molar-refractivity contribution in [2.75, 3.05) is 5.32 Å². The van der Waals surface area contributed by atoms with Crippen molar-refractivity contribution < 1.29 is 9.32 Å². The number of hydrogen-bond donors (Lipinski definition) is 1. The van der Waals surface area contributed by atoms with Crippen LogP contribution >= 0.6 is 0 Å². The molecule has 1 amide bonds. The smallest absolute Gasteiger partial charge is 0.227 e. The average molecular weight is 410 g/mol. The molecule has 5 rings (SSSR count). The first kappa shape index (κ1) is 18.7. The summed E-state index contributed by atoms with van der Waals surface area (Å²) in [4.78, 5) is 25.8. The van der Waals surface area contributed by atoms with E-state index >= 15 is 0 Å². The summed E-state index contributed by atoms with van der Waals surface area (Å²) in [5.41, 5.74) is 3.17. The molecule has 0 aliphatic carbocycles. The molecule has 0 aliphatic rings. The first-order valence-corrected chi connectivity index (χ1v) is 9.83. The fraction of sp³-hybridized carbons (Fsp3) is 0.0870. The van der Waals surface area contributed by atoms with E-state index in [2.05, 4.69) is 20.4 Å². The fourth-order valence-corrected chi connectivity index (χ4v) is 3.30. The van der Waals surface area contributed by atoms with Crippen LogP contribution in [0.2, 0.25) is 0 Å². The van der Waals surface area contributed by atoms with Crippen molar-refractivity contribution >= 4 is 17.4 Å². The first-order chi connectivity index (χ1) is 15.3. The Bertz CT molecular complexity index is 1330. The number of carbonyl (C=O) groups excluding carboxylic acids is 1. The van der Waals surface area contributed by atoms with Gasteiger partial charge in [-0.05, 0) is 24.3 Å². The monoisotopic (exact) mass is 410 g/mol. The summed E-state index contributed by atoms with van der Waals surface area (Å²) in [7, 11) is 0. The average Bonchev–Trinajstić information content (AvgIpc) is 3.44. The van der Waals surface area contributed by atoms with Gasteiger partial charge in [0.2, 0.25) is 17.6 Å². The Morgan fingerprint density at radius 3 is 2.65 bits per heavy atom. The van der Waals surface area contributed by atoms with E-state index in [9.17, 15) is 4.79 Å². The molecule has 1 aromatic carbocycles. The molecule has 8 nitrogen and oxygen atoms in total. The molecule has 0 bridgehead atoms. The molecule has 0 atom stereocenters. The highest BCUT2D eigenvalue weighted by Crippen LogP contribution is 2.28. The van der Waals surface area contributed by atoms with Gasteiger partial charge < -0.3 is 9.84 Å². The lowest BCUT2D eigenvalue weighted by Gasteiger charge is -2.07. The van der Waals surface area contributed by atoms with Gasteiger partial charge in [-0.15, -0.1) is 0 Å². The zero-order valence-corrected chi connectivity index (χ0v) is 16.5. The van der Waals surface area contributed by atoms with Crippen LogP contribution in [0.1, 0.15) is 12.3 Å². The maximum atomic E-state index is 12.7. The van der Waals surface area contributed by atoms with E-state index < -0.39 is 0 Å². The Morgan fingerprint density at radius 1 is 0.968 bits per heavy atom. The van der Waals surface area contributed by atoms with Crippen LogP contribution in [0.25, 0.3) is 28.3 Å². The summed E-state index contributed by atoms with van der Waals surface area (Å²) in [5, 5.41) is 6.97. The highest BCUT2D eigenvalue weighted by atomic mass is 16.5. The van der Waals surface area contributed by atoms with E-state index in [0.717, 1.165) is 22.5 Å². The Morgan fingerprint density at radius 2 is 1.81 bits per heavy atom. The second kappa shape index (κ2) is 8.19. The lowest BCUT2D eigenvalue weighted by Crippen LogP contribution is -2.14. The first-order valence-electron chi connectivity index (χ1n) is 9.83. The predicted octanol–water partition coefficient (Wildman–Crippen LogP) is 4.02. The predicted molar refractivity (Wildman–Crippen MR) is 115 cm³/mol. The molecule has 152 valence electrons. The van der Waals surface area contributed by atoms with Gasteiger partial charge in [0.15, 0.2) is 0 Å². The van der Waals surface area contributed by atoms with Gasteiger partial charge in [0.1, 0.15) is 17.2 Å². The molecular weight excluding hydrogens is 392 g/mol. The number of pyridine rings is 2. The SMILES string of the molecule is O=C(CCc1nc(-c2cccnc2)no1)Nc1c(-c2ccccc2)nc2ccccn12. The number of nitrogens with zero attached hydrogens (tertiary/aromatic N) is 5. The Kier molecular flexibility index (Phi) is 4.94. The van der Waals surface area contributed by atoms with Crippen molar-refractivity contribution in [3.8, 4) is 22.6 Å². The lowest BCUT2D eigenvalue weighted by molar-refractivity contribution is -0.116. The van der Waals surface area contributed by atoms with Gasteiger partial charge in [0.25, 0.3) is 0 Å². The molecule has 0 fully saturated rings. The molecule has 0 radical (unpaired) electrons. The quantitative estimate of drug-likeness (QED) is 0.454. The van der Waals surface area contributed by atoms with E-state index in [0.29, 0.717) is 24.0 Å². The highest BCUT2D eigenvalue weighted by Gasteiger charge is 2.17. The fourth-order valence-electron chi connectivity index (χ4n) is 3.30. The highest BCUT2D eigenvalue weighted by molar-refractivity contribution is 5.94. The van der Waals surface area contributed by atoms with Crippen molar-refractivity contribution in [2.24, 2.45) is 0 Å². The van der Waals surface area contributed by atoms with Gasteiger partial charge in [0.05, 0.1) is 0 Å². The molecule has 0 aliphatic heterocycles. The molecule has 0 unspecified atom stereocenters. The van der Waals surface area contributed by atoms with Crippen molar-refractivity contribution in [2.45, 2.75) is 12.8 Å². The standard InChI is InChI=1S/C23H18N6O2/c30-19(11-12-20-27-22(28-31-20)17-9-6-13-24-15-17)26-23-21(16-7-2-1-3-8-16)25-18-10-4-5-14-29(18)23/h1-10,13-15H,11-12H2,(H,26,30). The summed E-state index contributed by atoms with van der Waals surface area (Å²) in [6.07, 6.45) is 5.75. The van der Waals surface area contributed by atoms with E-state index in [-0.39, 0.29) is 12.3 Å². The molecule has 5 aromatic rings. The molecular formula is C23H18N6O2. The number of hydrogen-bond acceptors (Lipinski definition) is 6. The van der Waals surface area contributed by atoms with E-state index in [4.69, 9.17) is 9.51 Å². The molecule has 0 saturated carbocycles. The van der Waals surface area contributed by atoms with Crippen LogP contribution in [0, 0.1) is 0 Å². The maximum absolute atomic E-state index is 12.7. The number of fused-ring (bicyclic) bond motifs is 1. The third-order valence-electron chi connectivity index (χ3n) is 4.79. The van der Waals surface area contributed by atoms with Crippen molar-refractivity contribution in [3.05, 3.63) is 85.1 Å². The number of benzene rings is 1. The van der Waals surface area contributed by atoms with E-state index in [1.807, 2.05) is 65.2 Å². The van der Waals surface area contributed by atoms with E-state index in [1.165, 1.54) is 0 Å². The number of rotatable bonds is 6. The molecule has 0 spiro atoms. The second-order valence-electron chi connectivity index (χ2n) is 6.91. The summed E-state index contributed by atoms with van der Waals surface area (Å²) in [5.74, 6) is 1.32. The summed E-state index contributed by atoms with van der Waals surface area (Å²) in [6, 6.07) is 19.1. The molecule has 1 N–H and O–H groups in total. The zero-order valence-electron chi connectivity index (χ0n) is 16.5. The van der Waals surface area contributed by atoms with Crippen LogP contribution in [-0.4, -0.2) is 30.4 Å². The van der Waals surface area contributed by atoms with Crippen LogP contribution < -0.4 is 5.32 Å². The number of carbonyl (C=O) groups is 1. The number of nitrogens with one attached hydrogen (secondary N) is 1. The van der Waals surface area contributed by atoms with Crippen LogP contribution in [0.4, 0.5) is 5.82 Å². The third kappa shape index (κ3) is 3.91. The van der Waals surface area contributed by atoms with Crippen molar-refractivity contribution in [1.29, 1.82) is 0 Å². The van der Waals surface area contributed by atoms with Gasteiger partial charge in [0, 0.05) is 42.6 Å². The number of aromatic nitrogens is 5. The summed E-state index contributed by atoms with van der Waals surface area (Å²) < 4.78 is 7.15. The van der Waals surface area contributed by atoms with Gasteiger partial charge in [-0.25, -0.2) is 4.98 Å². The normalized spacial score (nSPS) is 11.0. The zero-order chi connectivity index (χ0) is 21.0. The van der Waals surface area contributed by atoms with E-state index in [1.54, 1.807) is 18.5 Å². The topological polar surface area (TPSA) is 98.2 Å². The third-order valence-corrected chi connectivity index (χ3v) is 4.79. The minimum atomic E-state index is -0.163. The lowest BCUT2D eigenvalue weighted by atomic mass is 10.1. The van der Waals surface area contributed by atoms with Gasteiger partial charge in [-0.3, -0.25) is 14.2 Å². The van der Waals surface area contributed by atoms with Gasteiger partial charge in [-0.1, -0.05) is 41.6 Å². The largest absolute Gasteiger partial charge is 0.339 e. The molecule has 8 heteroatoms. The summed E-state index contributed by atoms with van der Waals surface area (Å²) in [6.45, 7) is 0. The number of amides is 1. The van der Waals surface area contributed by atoms with Crippen LogP contribution in [-0.2, 0) is 11.2 Å². The minimum Gasteiger partial charge on any atom is -0.339 e. The molecule has 31 heavy (non-hydrogen) atoms. The minimum absolute atomic E-state index is 0.163. The molecule has 0 saturated heterocycles.